The van der Waals surface area contributed by atoms with Gasteiger partial charge in [0.25, 0.3) is 10.0 Å². The Labute approximate surface area is 187 Å². The highest BCUT2D eigenvalue weighted by Gasteiger charge is 2.28. The van der Waals surface area contributed by atoms with Gasteiger partial charge >= 0.3 is 0 Å². The fraction of sp³-hybridized carbons (Fsp3) is 0.174. The standard InChI is InChI=1S/C23H23ClN2O4S/c1-17-7-13-20(14-8-17)31(28,29)26(22-6-4-3-5-21(22)24)16-23(27)25-15-18-9-11-19(30-2)12-10-18/h3-14H,15-16H2,1-2H3,(H,25,27). The molecule has 0 heterocycles. The molecule has 0 radical (unpaired) electrons. The number of sulfonamides is 1. The summed E-state index contributed by atoms with van der Waals surface area (Å²) in [5.41, 5.74) is 2.03. The van der Waals surface area contributed by atoms with E-state index in [2.05, 4.69) is 5.32 Å². The fourth-order valence-electron chi connectivity index (χ4n) is 2.92. The van der Waals surface area contributed by atoms with Crippen LogP contribution in [-0.4, -0.2) is 28.0 Å². The molecule has 1 amide bonds. The van der Waals surface area contributed by atoms with Gasteiger partial charge in [-0.05, 0) is 48.9 Å². The quantitative estimate of drug-likeness (QED) is 0.549. The predicted octanol–water partition coefficient (Wildman–Crippen LogP) is 4.17. The molecule has 0 aliphatic heterocycles. The maximum atomic E-state index is 13.3. The van der Waals surface area contributed by atoms with Crippen LogP contribution in [0.1, 0.15) is 11.1 Å². The first-order valence-corrected chi connectivity index (χ1v) is 11.4. The van der Waals surface area contributed by atoms with Crippen LogP contribution in [0.2, 0.25) is 5.02 Å². The van der Waals surface area contributed by atoms with E-state index in [0.717, 1.165) is 15.4 Å². The molecule has 31 heavy (non-hydrogen) atoms. The predicted molar refractivity (Wildman–Crippen MR) is 122 cm³/mol. The molecule has 0 saturated carbocycles. The number of nitrogens with one attached hydrogen (secondary N) is 1. The van der Waals surface area contributed by atoms with Crippen molar-refractivity contribution in [1.29, 1.82) is 0 Å². The molecule has 6 nitrogen and oxygen atoms in total. The maximum Gasteiger partial charge on any atom is 0.264 e. The summed E-state index contributed by atoms with van der Waals surface area (Å²) in [4.78, 5) is 12.8. The number of aryl methyl sites for hydroxylation is 1. The van der Waals surface area contributed by atoms with Crippen molar-refractivity contribution in [2.45, 2.75) is 18.4 Å². The first-order chi connectivity index (χ1) is 14.8. The number of nitrogens with zero attached hydrogens (tertiary/aromatic N) is 1. The Balaban J connectivity index is 1.83. The number of halogens is 1. The van der Waals surface area contributed by atoms with Crippen LogP contribution in [0.3, 0.4) is 0 Å². The topological polar surface area (TPSA) is 75.7 Å². The molecule has 0 bridgehead atoms. The monoisotopic (exact) mass is 458 g/mol. The normalized spacial score (nSPS) is 11.1. The van der Waals surface area contributed by atoms with Crippen molar-refractivity contribution >= 4 is 33.2 Å². The van der Waals surface area contributed by atoms with Crippen LogP contribution in [0.25, 0.3) is 0 Å². The van der Waals surface area contributed by atoms with Gasteiger partial charge in [-0.1, -0.05) is 53.6 Å². The van der Waals surface area contributed by atoms with Crippen LogP contribution >= 0.6 is 11.6 Å². The molecule has 3 aromatic rings. The summed E-state index contributed by atoms with van der Waals surface area (Å²) in [6.45, 7) is 1.72. The molecule has 0 unspecified atom stereocenters. The summed E-state index contributed by atoms with van der Waals surface area (Å²) in [6, 6.07) is 20.2. The van der Waals surface area contributed by atoms with E-state index in [4.69, 9.17) is 16.3 Å². The number of methoxy groups -OCH3 is 1. The highest BCUT2D eigenvalue weighted by Crippen LogP contribution is 2.30. The lowest BCUT2D eigenvalue weighted by molar-refractivity contribution is -0.119. The van der Waals surface area contributed by atoms with Crippen molar-refractivity contribution in [1.82, 2.24) is 5.32 Å². The van der Waals surface area contributed by atoms with Crippen LogP contribution in [0.5, 0.6) is 5.75 Å². The van der Waals surface area contributed by atoms with E-state index in [1.54, 1.807) is 55.6 Å². The van der Waals surface area contributed by atoms with E-state index >= 15 is 0 Å². The van der Waals surface area contributed by atoms with Crippen molar-refractivity contribution in [3.05, 3.63) is 88.9 Å². The zero-order chi connectivity index (χ0) is 22.4. The minimum atomic E-state index is -4.01. The largest absolute Gasteiger partial charge is 0.497 e. The molecule has 1 N–H and O–H groups in total. The zero-order valence-corrected chi connectivity index (χ0v) is 18.8. The lowest BCUT2D eigenvalue weighted by Crippen LogP contribution is -2.40. The first-order valence-electron chi connectivity index (χ1n) is 9.55. The van der Waals surface area contributed by atoms with Crippen LogP contribution in [0.4, 0.5) is 5.69 Å². The number of carbonyl (C=O) groups is 1. The summed E-state index contributed by atoms with van der Waals surface area (Å²) in [5.74, 6) is 0.260. The molecule has 162 valence electrons. The van der Waals surface area contributed by atoms with Gasteiger partial charge in [0.2, 0.25) is 5.91 Å². The smallest absolute Gasteiger partial charge is 0.264 e. The molecule has 0 aromatic heterocycles. The Morgan fingerprint density at radius 1 is 1.00 bits per heavy atom. The number of hydrogen-bond acceptors (Lipinski definition) is 4. The molecule has 0 spiro atoms. The van der Waals surface area contributed by atoms with Gasteiger partial charge < -0.3 is 10.1 Å². The van der Waals surface area contributed by atoms with Crippen molar-refractivity contribution in [3.8, 4) is 5.75 Å². The Hall–Kier alpha value is -3.03. The van der Waals surface area contributed by atoms with Gasteiger partial charge in [-0.2, -0.15) is 0 Å². The van der Waals surface area contributed by atoms with Crippen LogP contribution in [-0.2, 0) is 21.4 Å². The van der Waals surface area contributed by atoms with E-state index in [0.29, 0.717) is 5.75 Å². The number of carbonyl (C=O) groups excluding carboxylic acids is 1. The van der Waals surface area contributed by atoms with E-state index in [9.17, 15) is 13.2 Å². The number of anilines is 1. The van der Waals surface area contributed by atoms with Crippen LogP contribution in [0.15, 0.2) is 77.7 Å². The van der Waals surface area contributed by atoms with E-state index in [1.807, 2.05) is 19.1 Å². The molecule has 3 aromatic carbocycles. The molecule has 0 saturated heterocycles. The number of amides is 1. The van der Waals surface area contributed by atoms with E-state index in [-0.39, 0.29) is 22.2 Å². The SMILES string of the molecule is COc1ccc(CNC(=O)CN(c2ccccc2Cl)S(=O)(=O)c2ccc(C)cc2)cc1. The van der Waals surface area contributed by atoms with Crippen molar-refractivity contribution < 1.29 is 17.9 Å². The Kier molecular flexibility index (Phi) is 7.20. The second-order valence-corrected chi connectivity index (χ2v) is 9.17. The van der Waals surface area contributed by atoms with Crippen molar-refractivity contribution in [3.63, 3.8) is 0 Å². The Morgan fingerprint density at radius 3 is 2.26 bits per heavy atom. The second kappa shape index (κ2) is 9.85. The molecule has 3 rings (SSSR count). The van der Waals surface area contributed by atoms with Crippen LogP contribution in [0, 0.1) is 6.92 Å². The van der Waals surface area contributed by atoms with Crippen molar-refractivity contribution in [2.24, 2.45) is 0 Å². The van der Waals surface area contributed by atoms with Crippen molar-refractivity contribution in [2.75, 3.05) is 18.0 Å². The highest BCUT2D eigenvalue weighted by atomic mass is 35.5. The molecule has 8 heteroatoms. The number of para-hydroxylation sites is 1. The number of rotatable bonds is 8. The van der Waals surface area contributed by atoms with Gasteiger partial charge in [-0.3, -0.25) is 9.10 Å². The third-order valence-electron chi connectivity index (χ3n) is 4.67. The van der Waals surface area contributed by atoms with Gasteiger partial charge in [-0.25, -0.2) is 8.42 Å². The summed E-state index contributed by atoms with van der Waals surface area (Å²) in [5, 5.41) is 3.00. The fourth-order valence-corrected chi connectivity index (χ4v) is 4.65. The number of hydrogen-bond donors (Lipinski definition) is 1. The third-order valence-corrected chi connectivity index (χ3v) is 6.76. The average molecular weight is 459 g/mol. The molecule has 0 fully saturated rings. The molecule has 0 aliphatic carbocycles. The zero-order valence-electron chi connectivity index (χ0n) is 17.2. The molecule has 0 atom stereocenters. The molecular formula is C23H23ClN2O4S. The highest BCUT2D eigenvalue weighted by molar-refractivity contribution is 7.92. The van der Waals surface area contributed by atoms with E-state index in [1.165, 1.54) is 12.1 Å². The number of benzene rings is 3. The lowest BCUT2D eigenvalue weighted by Gasteiger charge is -2.25. The summed E-state index contributed by atoms with van der Waals surface area (Å²) >= 11 is 6.27. The summed E-state index contributed by atoms with van der Waals surface area (Å²) < 4.78 is 32.9. The van der Waals surface area contributed by atoms with Gasteiger partial charge in [0.05, 0.1) is 22.7 Å². The van der Waals surface area contributed by atoms with Gasteiger partial charge in [0.15, 0.2) is 0 Å². The minimum absolute atomic E-state index is 0.0842. The Bertz CT molecular complexity index is 1150. The van der Waals surface area contributed by atoms with Gasteiger partial charge in [0.1, 0.15) is 12.3 Å². The maximum absolute atomic E-state index is 13.3. The summed E-state index contributed by atoms with van der Waals surface area (Å²) in [6.07, 6.45) is 0. The van der Waals surface area contributed by atoms with E-state index < -0.39 is 22.5 Å². The molecular weight excluding hydrogens is 436 g/mol. The number of ether oxygens (including phenoxy) is 1. The third kappa shape index (κ3) is 5.57. The Morgan fingerprint density at radius 2 is 1.65 bits per heavy atom. The minimum Gasteiger partial charge on any atom is -0.497 e. The van der Waals surface area contributed by atoms with Gasteiger partial charge in [0, 0.05) is 6.54 Å². The van der Waals surface area contributed by atoms with Crippen LogP contribution < -0.4 is 14.4 Å². The lowest BCUT2D eigenvalue weighted by atomic mass is 10.2. The molecule has 0 aliphatic rings. The average Bonchev–Trinajstić information content (AvgIpc) is 2.77. The van der Waals surface area contributed by atoms with Gasteiger partial charge in [-0.15, -0.1) is 0 Å². The first kappa shape index (κ1) is 22.7. The summed E-state index contributed by atoms with van der Waals surface area (Å²) in [7, 11) is -2.43. The second-order valence-electron chi connectivity index (χ2n) is 6.90.